The van der Waals surface area contributed by atoms with Crippen molar-refractivity contribution < 1.29 is 18.8 Å². The summed E-state index contributed by atoms with van der Waals surface area (Å²) in [4.78, 5) is 41.2. The van der Waals surface area contributed by atoms with Gasteiger partial charge in [-0.05, 0) is 37.7 Å². The lowest BCUT2D eigenvalue weighted by Crippen LogP contribution is -2.54. The number of hydrogen-bond acceptors (Lipinski definition) is 3. The number of halogens is 1. The second-order valence-electron chi connectivity index (χ2n) is 8.28. The van der Waals surface area contributed by atoms with Crippen molar-refractivity contribution in [2.24, 2.45) is 5.92 Å². The summed E-state index contributed by atoms with van der Waals surface area (Å²) in [6, 6.07) is 5.94. The fraction of sp³-hybridized carbons (Fsp3) is 0.571. The molecule has 0 bridgehead atoms. The Labute approximate surface area is 164 Å². The van der Waals surface area contributed by atoms with E-state index < -0.39 is 11.6 Å². The molecule has 4 rings (SSSR count). The van der Waals surface area contributed by atoms with Crippen LogP contribution >= 0.6 is 0 Å². The maximum atomic E-state index is 14.0. The highest BCUT2D eigenvalue weighted by atomic mass is 19.1. The van der Waals surface area contributed by atoms with Gasteiger partial charge in [-0.1, -0.05) is 38.0 Å². The highest BCUT2D eigenvalue weighted by molar-refractivity contribution is 6.09. The SMILES string of the molecule is C[C@H]1CCCC[C@@]12NC(=O)N(CC(=O)N(Cc1ccccc1F)C1CC1)C2=O. The van der Waals surface area contributed by atoms with Crippen LogP contribution in [0.5, 0.6) is 0 Å². The molecule has 2 atom stereocenters. The number of hydrogen-bond donors (Lipinski definition) is 1. The molecule has 4 amide bonds. The molecule has 1 heterocycles. The Kier molecular flexibility index (Phi) is 4.85. The minimum Gasteiger partial charge on any atom is -0.334 e. The van der Waals surface area contributed by atoms with Crippen molar-refractivity contribution in [3.63, 3.8) is 0 Å². The first-order valence-corrected chi connectivity index (χ1v) is 10.1. The van der Waals surface area contributed by atoms with Crippen molar-refractivity contribution in [2.75, 3.05) is 6.54 Å². The van der Waals surface area contributed by atoms with E-state index in [-0.39, 0.29) is 42.7 Å². The largest absolute Gasteiger partial charge is 0.334 e. The van der Waals surface area contributed by atoms with Crippen molar-refractivity contribution in [1.82, 2.24) is 15.1 Å². The molecule has 0 unspecified atom stereocenters. The fourth-order valence-corrected chi connectivity index (χ4v) is 4.48. The zero-order chi connectivity index (χ0) is 19.9. The average molecular weight is 387 g/mol. The molecule has 0 aromatic heterocycles. The lowest BCUT2D eigenvalue weighted by atomic mass is 9.73. The number of carbonyl (C=O) groups is 3. The van der Waals surface area contributed by atoms with Crippen molar-refractivity contribution in [2.45, 2.75) is 63.6 Å². The molecule has 2 aliphatic carbocycles. The normalized spacial score (nSPS) is 27.2. The Morgan fingerprint density at radius 2 is 2.00 bits per heavy atom. The zero-order valence-corrected chi connectivity index (χ0v) is 16.1. The molecule has 6 nitrogen and oxygen atoms in total. The van der Waals surface area contributed by atoms with Gasteiger partial charge < -0.3 is 10.2 Å². The second-order valence-corrected chi connectivity index (χ2v) is 8.28. The van der Waals surface area contributed by atoms with Crippen LogP contribution in [0.3, 0.4) is 0 Å². The summed E-state index contributed by atoms with van der Waals surface area (Å²) in [5.74, 6) is -0.906. The van der Waals surface area contributed by atoms with Gasteiger partial charge in [0.25, 0.3) is 5.91 Å². The van der Waals surface area contributed by atoms with E-state index in [2.05, 4.69) is 5.32 Å². The minimum absolute atomic E-state index is 0.0513. The molecular formula is C21H26FN3O3. The quantitative estimate of drug-likeness (QED) is 0.790. The van der Waals surface area contributed by atoms with Gasteiger partial charge in [0, 0.05) is 18.2 Å². The summed E-state index contributed by atoms with van der Waals surface area (Å²) in [5.41, 5.74) is -0.428. The van der Waals surface area contributed by atoms with Gasteiger partial charge in [0.05, 0.1) is 0 Å². The Balaban J connectivity index is 1.49. The number of amides is 4. The number of nitrogens with one attached hydrogen (secondary N) is 1. The van der Waals surface area contributed by atoms with Crippen LogP contribution in [0.1, 0.15) is 51.0 Å². The van der Waals surface area contributed by atoms with Crippen molar-refractivity contribution in [3.05, 3.63) is 35.6 Å². The Bertz CT molecular complexity index is 810. The average Bonchev–Trinajstić information content (AvgIpc) is 3.48. The van der Waals surface area contributed by atoms with Crippen LogP contribution in [0.25, 0.3) is 0 Å². The van der Waals surface area contributed by atoms with Crippen LogP contribution in [0.15, 0.2) is 24.3 Å². The molecule has 2 saturated carbocycles. The molecule has 7 heteroatoms. The standard InChI is InChI=1S/C21H26FN3O3/c1-14-6-4-5-11-21(14)19(27)25(20(28)23-21)13-18(26)24(16-9-10-16)12-15-7-2-3-8-17(15)22/h2-3,7-8,14,16H,4-6,9-13H2,1H3,(H,23,28)/t14-,21+/m0/s1. The monoisotopic (exact) mass is 387 g/mol. The third kappa shape index (κ3) is 3.27. The molecule has 1 aliphatic heterocycles. The molecule has 150 valence electrons. The van der Waals surface area contributed by atoms with Crippen LogP contribution in [-0.4, -0.2) is 45.8 Å². The summed E-state index contributed by atoms with van der Waals surface area (Å²) in [6.07, 6.45) is 5.16. The van der Waals surface area contributed by atoms with Crippen LogP contribution in [0, 0.1) is 11.7 Å². The molecule has 0 radical (unpaired) electrons. The number of carbonyl (C=O) groups excluding carboxylic acids is 3. The van der Waals surface area contributed by atoms with Crippen molar-refractivity contribution in [3.8, 4) is 0 Å². The smallest absolute Gasteiger partial charge is 0.325 e. The van der Waals surface area contributed by atoms with Crippen molar-refractivity contribution in [1.29, 1.82) is 0 Å². The van der Waals surface area contributed by atoms with E-state index in [1.54, 1.807) is 23.1 Å². The summed E-state index contributed by atoms with van der Waals surface area (Å²) in [6.45, 7) is 1.85. The molecule has 1 saturated heterocycles. The third-order valence-electron chi connectivity index (χ3n) is 6.40. The van der Waals surface area contributed by atoms with Gasteiger partial charge in [0.15, 0.2) is 0 Å². The first-order chi connectivity index (χ1) is 13.4. The molecule has 3 fully saturated rings. The number of urea groups is 1. The molecule has 1 spiro atoms. The van der Waals surface area contributed by atoms with E-state index >= 15 is 0 Å². The molecule has 1 aromatic rings. The highest BCUT2D eigenvalue weighted by Gasteiger charge is 2.55. The van der Waals surface area contributed by atoms with E-state index in [0.717, 1.165) is 37.0 Å². The maximum absolute atomic E-state index is 14.0. The van der Waals surface area contributed by atoms with Gasteiger partial charge in [0.1, 0.15) is 17.9 Å². The second kappa shape index (κ2) is 7.18. The Hall–Kier alpha value is -2.44. The highest BCUT2D eigenvalue weighted by Crippen LogP contribution is 2.38. The van der Waals surface area contributed by atoms with Gasteiger partial charge in [-0.15, -0.1) is 0 Å². The summed E-state index contributed by atoms with van der Waals surface area (Å²) < 4.78 is 14.0. The first kappa shape index (κ1) is 18.9. The van der Waals surface area contributed by atoms with Crippen LogP contribution < -0.4 is 5.32 Å². The summed E-state index contributed by atoms with van der Waals surface area (Å²) >= 11 is 0. The van der Waals surface area contributed by atoms with Gasteiger partial charge in [0.2, 0.25) is 5.91 Å². The Morgan fingerprint density at radius 3 is 2.68 bits per heavy atom. The van der Waals surface area contributed by atoms with Crippen molar-refractivity contribution >= 4 is 17.8 Å². The predicted octanol–water partition coefficient (Wildman–Crippen LogP) is 2.82. The molecule has 1 N–H and O–H groups in total. The van der Waals surface area contributed by atoms with E-state index in [4.69, 9.17) is 0 Å². The Morgan fingerprint density at radius 1 is 1.25 bits per heavy atom. The van der Waals surface area contributed by atoms with Gasteiger partial charge in [-0.3, -0.25) is 14.5 Å². The minimum atomic E-state index is -0.869. The van der Waals surface area contributed by atoms with Crippen LogP contribution in [0.2, 0.25) is 0 Å². The van der Waals surface area contributed by atoms with Gasteiger partial charge >= 0.3 is 6.03 Å². The molecule has 28 heavy (non-hydrogen) atoms. The summed E-state index contributed by atoms with van der Waals surface area (Å²) in [5, 5.41) is 2.87. The predicted molar refractivity (Wildman–Crippen MR) is 101 cm³/mol. The molecule has 1 aromatic carbocycles. The van der Waals surface area contributed by atoms with E-state index in [9.17, 15) is 18.8 Å². The number of nitrogens with zero attached hydrogens (tertiary/aromatic N) is 2. The van der Waals surface area contributed by atoms with Gasteiger partial charge in [-0.25, -0.2) is 9.18 Å². The fourth-order valence-electron chi connectivity index (χ4n) is 4.48. The zero-order valence-electron chi connectivity index (χ0n) is 16.1. The van der Waals surface area contributed by atoms with Gasteiger partial charge in [-0.2, -0.15) is 0 Å². The number of benzene rings is 1. The summed E-state index contributed by atoms with van der Waals surface area (Å²) in [7, 11) is 0. The van der Waals surface area contributed by atoms with Crippen LogP contribution in [0.4, 0.5) is 9.18 Å². The third-order valence-corrected chi connectivity index (χ3v) is 6.40. The molecular weight excluding hydrogens is 361 g/mol. The van der Waals surface area contributed by atoms with E-state index in [1.165, 1.54) is 6.07 Å². The first-order valence-electron chi connectivity index (χ1n) is 10.1. The van der Waals surface area contributed by atoms with E-state index in [0.29, 0.717) is 12.0 Å². The molecule has 3 aliphatic rings. The van der Waals surface area contributed by atoms with Crippen LogP contribution in [-0.2, 0) is 16.1 Å². The maximum Gasteiger partial charge on any atom is 0.325 e. The lowest BCUT2D eigenvalue weighted by Gasteiger charge is -2.36. The van der Waals surface area contributed by atoms with E-state index in [1.807, 2.05) is 6.92 Å². The lowest BCUT2D eigenvalue weighted by molar-refractivity contribution is -0.141. The number of imide groups is 1. The topological polar surface area (TPSA) is 69.7 Å². The number of rotatable bonds is 5.